The first-order valence-corrected chi connectivity index (χ1v) is 6.24. The molecule has 0 saturated carbocycles. The lowest BCUT2D eigenvalue weighted by Crippen LogP contribution is -2.41. The van der Waals surface area contributed by atoms with Gasteiger partial charge in [-0.25, -0.2) is 0 Å². The van der Waals surface area contributed by atoms with Crippen molar-refractivity contribution in [2.24, 2.45) is 5.92 Å². The zero-order valence-corrected chi connectivity index (χ0v) is 8.47. The Balaban J connectivity index is 2.00. The number of hydrogen-bond donors (Lipinski definition) is 0. The molecule has 3 saturated heterocycles. The molecular formula is C8H14OS2. The van der Waals surface area contributed by atoms with Gasteiger partial charge in [-0.15, -0.1) is 23.5 Å². The minimum atomic E-state index is 0.170. The fourth-order valence-electron chi connectivity index (χ4n) is 1.53. The molecule has 1 nitrogen and oxygen atoms in total. The maximum atomic E-state index is 5.83. The molecule has 3 aliphatic heterocycles. The SMILES string of the molecule is CCCC12OCC(CS1)CS2. The van der Waals surface area contributed by atoms with E-state index in [-0.39, 0.29) is 4.27 Å². The lowest BCUT2D eigenvalue weighted by atomic mass is 10.2. The van der Waals surface area contributed by atoms with Gasteiger partial charge in [-0.3, -0.25) is 0 Å². The molecule has 0 aliphatic carbocycles. The van der Waals surface area contributed by atoms with Crippen molar-refractivity contribution in [3.05, 3.63) is 0 Å². The summed E-state index contributed by atoms with van der Waals surface area (Å²) in [6.45, 7) is 3.25. The van der Waals surface area contributed by atoms with Gasteiger partial charge in [0.15, 0.2) is 4.27 Å². The minimum Gasteiger partial charge on any atom is -0.355 e. The highest BCUT2D eigenvalue weighted by atomic mass is 32.2. The van der Waals surface area contributed by atoms with Gasteiger partial charge in [0.2, 0.25) is 0 Å². The van der Waals surface area contributed by atoms with Crippen molar-refractivity contribution in [1.29, 1.82) is 0 Å². The predicted molar refractivity (Wildman–Crippen MR) is 52.0 cm³/mol. The third kappa shape index (κ3) is 1.56. The van der Waals surface area contributed by atoms with Crippen LogP contribution in [0.15, 0.2) is 0 Å². The predicted octanol–water partition coefficient (Wildman–Crippen LogP) is 2.57. The molecule has 3 fully saturated rings. The van der Waals surface area contributed by atoms with Crippen molar-refractivity contribution < 1.29 is 4.74 Å². The Kier molecular flexibility index (Phi) is 2.40. The topological polar surface area (TPSA) is 9.23 Å². The highest BCUT2D eigenvalue weighted by Crippen LogP contribution is 2.51. The Hall–Kier alpha value is 0.660. The fraction of sp³-hybridized carbons (Fsp3) is 1.00. The monoisotopic (exact) mass is 190 g/mol. The Bertz CT molecular complexity index is 121. The zero-order chi connectivity index (χ0) is 7.73. The van der Waals surface area contributed by atoms with Crippen LogP contribution in [0.5, 0.6) is 0 Å². The molecule has 3 heteroatoms. The van der Waals surface area contributed by atoms with E-state index >= 15 is 0 Å². The number of fused-ring (bicyclic) bond motifs is 3. The molecule has 0 atom stereocenters. The number of hydrogen-bond acceptors (Lipinski definition) is 3. The van der Waals surface area contributed by atoms with Crippen LogP contribution >= 0.6 is 23.5 Å². The molecule has 3 aliphatic rings. The summed E-state index contributed by atoms with van der Waals surface area (Å²) in [5.41, 5.74) is 0. The van der Waals surface area contributed by atoms with Crippen LogP contribution in [0.2, 0.25) is 0 Å². The average molecular weight is 190 g/mol. The summed E-state index contributed by atoms with van der Waals surface area (Å²) in [5, 5.41) is 0. The van der Waals surface area contributed by atoms with E-state index < -0.39 is 0 Å². The molecule has 3 rings (SSSR count). The normalized spacial score (nSPS) is 42.8. The molecule has 0 N–H and O–H groups in total. The summed E-state index contributed by atoms with van der Waals surface area (Å²) in [5.74, 6) is 3.49. The molecule has 0 radical (unpaired) electrons. The number of ether oxygens (including phenoxy) is 1. The maximum Gasteiger partial charge on any atom is 0.160 e. The maximum absolute atomic E-state index is 5.83. The first kappa shape index (κ1) is 8.27. The van der Waals surface area contributed by atoms with Crippen LogP contribution in [0, 0.1) is 5.92 Å². The van der Waals surface area contributed by atoms with Crippen LogP contribution in [0.1, 0.15) is 19.8 Å². The molecule has 3 heterocycles. The van der Waals surface area contributed by atoms with Crippen LogP contribution < -0.4 is 0 Å². The smallest absolute Gasteiger partial charge is 0.160 e. The van der Waals surface area contributed by atoms with Gasteiger partial charge in [0.25, 0.3) is 0 Å². The third-order valence-electron chi connectivity index (χ3n) is 2.17. The van der Waals surface area contributed by atoms with Gasteiger partial charge in [0.05, 0.1) is 6.61 Å². The van der Waals surface area contributed by atoms with E-state index in [1.807, 2.05) is 23.5 Å². The highest BCUT2D eigenvalue weighted by Gasteiger charge is 2.42. The molecule has 2 bridgehead atoms. The van der Waals surface area contributed by atoms with Crippen molar-refractivity contribution in [3.8, 4) is 0 Å². The first-order chi connectivity index (χ1) is 5.35. The summed E-state index contributed by atoms with van der Waals surface area (Å²) in [6, 6.07) is 0. The second-order valence-corrected chi connectivity index (χ2v) is 6.05. The van der Waals surface area contributed by atoms with Crippen LogP contribution in [0.3, 0.4) is 0 Å². The van der Waals surface area contributed by atoms with Crippen LogP contribution in [0.4, 0.5) is 0 Å². The van der Waals surface area contributed by atoms with Gasteiger partial charge in [0, 0.05) is 17.4 Å². The number of thioether (sulfide) groups is 2. The summed E-state index contributed by atoms with van der Waals surface area (Å²) >= 11 is 4.05. The van der Waals surface area contributed by atoms with Crippen molar-refractivity contribution in [3.63, 3.8) is 0 Å². The van der Waals surface area contributed by atoms with Gasteiger partial charge in [-0.05, 0) is 6.42 Å². The standard InChI is InChI=1S/C8H14OS2/c1-2-3-8-9-4-7(5-10-8)6-11-8/h7H,2-6H2,1H3. The Morgan fingerprint density at radius 1 is 1.45 bits per heavy atom. The van der Waals surface area contributed by atoms with E-state index in [4.69, 9.17) is 4.74 Å². The van der Waals surface area contributed by atoms with E-state index in [0.29, 0.717) is 0 Å². The van der Waals surface area contributed by atoms with Gasteiger partial charge in [0.1, 0.15) is 0 Å². The van der Waals surface area contributed by atoms with Crippen LogP contribution in [0.25, 0.3) is 0 Å². The molecule has 0 unspecified atom stereocenters. The lowest BCUT2D eigenvalue weighted by molar-refractivity contribution is 0.0455. The molecule has 0 aromatic carbocycles. The molecule has 64 valence electrons. The Labute approximate surface area is 76.6 Å². The molecule has 0 aromatic heterocycles. The van der Waals surface area contributed by atoms with E-state index in [2.05, 4.69) is 6.92 Å². The molecule has 11 heavy (non-hydrogen) atoms. The zero-order valence-electron chi connectivity index (χ0n) is 6.84. The second-order valence-electron chi connectivity index (χ2n) is 3.23. The fourth-order valence-corrected chi connectivity index (χ4v) is 4.82. The molecule has 0 spiro atoms. The van der Waals surface area contributed by atoms with Gasteiger partial charge < -0.3 is 4.74 Å². The van der Waals surface area contributed by atoms with E-state index in [1.165, 1.54) is 24.3 Å². The minimum absolute atomic E-state index is 0.170. The molecule has 0 aromatic rings. The lowest BCUT2D eigenvalue weighted by Gasteiger charge is -2.44. The Morgan fingerprint density at radius 2 is 2.18 bits per heavy atom. The van der Waals surface area contributed by atoms with E-state index in [9.17, 15) is 0 Å². The summed E-state index contributed by atoms with van der Waals surface area (Å²) in [7, 11) is 0. The molecule has 0 amide bonds. The highest BCUT2D eigenvalue weighted by molar-refractivity contribution is 8.18. The van der Waals surface area contributed by atoms with Gasteiger partial charge in [-0.1, -0.05) is 13.3 Å². The largest absolute Gasteiger partial charge is 0.355 e. The summed E-state index contributed by atoms with van der Waals surface area (Å²) in [6.07, 6.45) is 2.46. The van der Waals surface area contributed by atoms with Crippen LogP contribution in [-0.4, -0.2) is 22.4 Å². The van der Waals surface area contributed by atoms with Crippen LogP contribution in [-0.2, 0) is 4.74 Å². The Morgan fingerprint density at radius 3 is 2.64 bits per heavy atom. The van der Waals surface area contributed by atoms with Crippen molar-refractivity contribution in [2.45, 2.75) is 24.0 Å². The summed E-state index contributed by atoms with van der Waals surface area (Å²) in [4.78, 5) is 0. The summed E-state index contributed by atoms with van der Waals surface area (Å²) < 4.78 is 6.00. The second kappa shape index (κ2) is 3.19. The quantitative estimate of drug-likeness (QED) is 0.662. The van der Waals surface area contributed by atoms with E-state index in [1.54, 1.807) is 0 Å². The van der Waals surface area contributed by atoms with Gasteiger partial charge >= 0.3 is 0 Å². The average Bonchev–Trinajstić information content (AvgIpc) is 2.07. The van der Waals surface area contributed by atoms with Gasteiger partial charge in [-0.2, -0.15) is 0 Å². The third-order valence-corrected chi connectivity index (χ3v) is 5.68. The first-order valence-electron chi connectivity index (χ1n) is 4.26. The van der Waals surface area contributed by atoms with E-state index in [0.717, 1.165) is 12.5 Å². The van der Waals surface area contributed by atoms with Crippen molar-refractivity contribution in [2.75, 3.05) is 18.1 Å². The van der Waals surface area contributed by atoms with Crippen molar-refractivity contribution >= 4 is 23.5 Å². The molecular weight excluding hydrogens is 176 g/mol. The number of rotatable bonds is 2. The van der Waals surface area contributed by atoms with Crippen molar-refractivity contribution in [1.82, 2.24) is 0 Å².